The zero-order valence-corrected chi connectivity index (χ0v) is 6.92. The molecule has 54 valence electrons. The van der Waals surface area contributed by atoms with Crippen molar-refractivity contribution in [2.24, 2.45) is 5.92 Å². The third kappa shape index (κ3) is 4.36. The summed E-state index contributed by atoms with van der Waals surface area (Å²) < 4.78 is 0. The molecule has 0 unspecified atom stereocenters. The second kappa shape index (κ2) is 4.70. The lowest BCUT2D eigenvalue weighted by atomic mass is 10.2. The molecule has 0 atom stereocenters. The summed E-state index contributed by atoms with van der Waals surface area (Å²) in [6, 6.07) is 0. The van der Waals surface area contributed by atoms with Gasteiger partial charge in [0.1, 0.15) is 4.99 Å². The maximum atomic E-state index is 4.91. The van der Waals surface area contributed by atoms with Gasteiger partial charge in [-0.25, -0.2) is 0 Å². The Morgan fingerprint density at radius 1 is 1.67 bits per heavy atom. The quantitative estimate of drug-likeness (QED) is 0.483. The molecule has 0 bridgehead atoms. The first-order valence-corrected chi connectivity index (χ1v) is 3.51. The van der Waals surface area contributed by atoms with E-state index in [9.17, 15) is 0 Å². The predicted molar refractivity (Wildman–Crippen MR) is 42.2 cm³/mol. The van der Waals surface area contributed by atoms with E-state index in [1.807, 2.05) is 20.8 Å². The topological polar surface area (TPSA) is 21.3 Å². The van der Waals surface area contributed by atoms with Crippen LogP contribution in [-0.2, 0) is 4.84 Å². The summed E-state index contributed by atoms with van der Waals surface area (Å²) in [5.41, 5.74) is 2.66. The maximum Gasteiger partial charge on any atom is 0.103 e. The Hall–Kier alpha value is -0.150. The molecule has 0 aliphatic carbocycles. The molecule has 0 aromatic rings. The smallest absolute Gasteiger partial charge is 0.103 e. The molecule has 0 rings (SSSR count). The molecule has 0 aromatic heterocycles. The van der Waals surface area contributed by atoms with Crippen molar-refractivity contribution in [3.05, 3.63) is 0 Å². The van der Waals surface area contributed by atoms with Crippen molar-refractivity contribution in [1.82, 2.24) is 5.48 Å². The molecule has 0 aromatic carbocycles. The van der Waals surface area contributed by atoms with E-state index in [1.165, 1.54) is 0 Å². The van der Waals surface area contributed by atoms with E-state index >= 15 is 0 Å². The Labute approximate surface area is 61.5 Å². The average Bonchev–Trinajstić information content (AvgIpc) is 1.82. The Balaban J connectivity index is 3.28. The van der Waals surface area contributed by atoms with Crippen LogP contribution in [0.2, 0.25) is 0 Å². The minimum absolute atomic E-state index is 0.367. The second-order valence-corrected chi connectivity index (χ2v) is 2.49. The van der Waals surface area contributed by atoms with Gasteiger partial charge in [0, 0.05) is 5.92 Å². The van der Waals surface area contributed by atoms with E-state index < -0.39 is 0 Å². The first kappa shape index (κ1) is 8.85. The molecule has 0 radical (unpaired) electrons. The Kier molecular flexibility index (Phi) is 4.62. The highest BCUT2D eigenvalue weighted by Gasteiger charge is 1.98. The summed E-state index contributed by atoms with van der Waals surface area (Å²) in [4.78, 5) is 5.63. The normalized spacial score (nSPS) is 9.78. The van der Waals surface area contributed by atoms with Gasteiger partial charge in [-0.1, -0.05) is 26.1 Å². The number of nitrogens with one attached hydrogen (secondary N) is 1. The maximum absolute atomic E-state index is 4.91. The van der Waals surface area contributed by atoms with Crippen LogP contribution in [0.4, 0.5) is 0 Å². The molecule has 1 N–H and O–H groups in total. The lowest BCUT2D eigenvalue weighted by molar-refractivity contribution is 0.0957. The van der Waals surface area contributed by atoms with Crippen LogP contribution in [0, 0.1) is 5.92 Å². The first-order chi connectivity index (χ1) is 4.18. The fraction of sp³-hybridized carbons (Fsp3) is 0.833. The summed E-state index contributed by atoms with van der Waals surface area (Å²) in [5.74, 6) is 0.367. The highest BCUT2D eigenvalue weighted by atomic mass is 32.1. The number of rotatable bonds is 3. The molecule has 0 heterocycles. The summed E-state index contributed by atoms with van der Waals surface area (Å²) in [7, 11) is 0. The van der Waals surface area contributed by atoms with E-state index in [-0.39, 0.29) is 0 Å². The molecule has 0 amide bonds. The van der Waals surface area contributed by atoms with E-state index in [4.69, 9.17) is 17.1 Å². The number of hydrogen-bond acceptors (Lipinski definition) is 2. The van der Waals surface area contributed by atoms with Gasteiger partial charge in [0.15, 0.2) is 0 Å². The van der Waals surface area contributed by atoms with Gasteiger partial charge in [0.05, 0.1) is 6.61 Å². The average molecular weight is 147 g/mol. The highest BCUT2D eigenvalue weighted by Crippen LogP contribution is 1.92. The lowest BCUT2D eigenvalue weighted by Gasteiger charge is -2.08. The fourth-order valence-corrected chi connectivity index (χ4v) is 0.320. The van der Waals surface area contributed by atoms with Crippen molar-refractivity contribution in [3.8, 4) is 0 Å². The van der Waals surface area contributed by atoms with Crippen LogP contribution in [0.3, 0.4) is 0 Å². The van der Waals surface area contributed by atoms with Crippen molar-refractivity contribution in [3.63, 3.8) is 0 Å². The van der Waals surface area contributed by atoms with Gasteiger partial charge in [0.25, 0.3) is 0 Å². The van der Waals surface area contributed by atoms with Gasteiger partial charge < -0.3 is 0 Å². The molecule has 0 spiro atoms. The molecular weight excluding hydrogens is 134 g/mol. The minimum atomic E-state index is 0.367. The van der Waals surface area contributed by atoms with Crippen molar-refractivity contribution in [2.75, 3.05) is 6.61 Å². The molecule has 0 aliphatic heterocycles. The predicted octanol–water partition coefficient (Wildman–Crippen LogP) is 1.51. The Bertz CT molecular complexity index is 93.1. The summed E-state index contributed by atoms with van der Waals surface area (Å²) in [6.45, 7) is 6.60. The first-order valence-electron chi connectivity index (χ1n) is 3.10. The third-order valence-electron chi connectivity index (χ3n) is 0.841. The van der Waals surface area contributed by atoms with Crippen LogP contribution in [0.15, 0.2) is 0 Å². The number of hydroxylamine groups is 1. The van der Waals surface area contributed by atoms with Crippen molar-refractivity contribution >= 4 is 17.2 Å². The van der Waals surface area contributed by atoms with Crippen LogP contribution in [-0.4, -0.2) is 11.6 Å². The minimum Gasteiger partial charge on any atom is -0.276 e. The largest absolute Gasteiger partial charge is 0.276 e. The SMILES string of the molecule is CCONC(=S)C(C)C. The van der Waals surface area contributed by atoms with Gasteiger partial charge in [0.2, 0.25) is 0 Å². The van der Waals surface area contributed by atoms with Crippen molar-refractivity contribution in [2.45, 2.75) is 20.8 Å². The summed E-state index contributed by atoms with van der Waals surface area (Å²) >= 11 is 4.91. The molecular formula is C6H13NOS. The highest BCUT2D eigenvalue weighted by molar-refractivity contribution is 7.80. The van der Waals surface area contributed by atoms with E-state index in [2.05, 4.69) is 5.48 Å². The van der Waals surface area contributed by atoms with Gasteiger partial charge in [-0.05, 0) is 6.92 Å². The zero-order chi connectivity index (χ0) is 7.28. The molecule has 9 heavy (non-hydrogen) atoms. The van der Waals surface area contributed by atoms with Gasteiger partial charge in [-0.15, -0.1) is 0 Å². The Morgan fingerprint density at radius 3 is 2.56 bits per heavy atom. The van der Waals surface area contributed by atoms with E-state index in [0.29, 0.717) is 12.5 Å². The lowest BCUT2D eigenvalue weighted by Crippen LogP contribution is -2.25. The summed E-state index contributed by atoms with van der Waals surface area (Å²) in [5, 5.41) is 0. The van der Waals surface area contributed by atoms with Gasteiger partial charge >= 0.3 is 0 Å². The molecule has 0 aliphatic rings. The summed E-state index contributed by atoms with van der Waals surface area (Å²) in [6.07, 6.45) is 0. The van der Waals surface area contributed by atoms with E-state index in [1.54, 1.807) is 0 Å². The fourth-order valence-electron chi connectivity index (χ4n) is 0.261. The molecule has 0 saturated heterocycles. The second-order valence-electron chi connectivity index (χ2n) is 2.05. The molecule has 2 nitrogen and oxygen atoms in total. The van der Waals surface area contributed by atoms with Gasteiger partial charge in [-0.3, -0.25) is 10.3 Å². The van der Waals surface area contributed by atoms with Crippen LogP contribution in [0.1, 0.15) is 20.8 Å². The van der Waals surface area contributed by atoms with Crippen molar-refractivity contribution in [1.29, 1.82) is 0 Å². The number of thiocarbonyl (C=S) groups is 1. The van der Waals surface area contributed by atoms with Gasteiger partial charge in [-0.2, -0.15) is 0 Å². The Morgan fingerprint density at radius 2 is 2.22 bits per heavy atom. The standard InChI is InChI=1S/C6H13NOS/c1-4-8-7-6(9)5(2)3/h5H,4H2,1-3H3,(H,7,9). The molecule has 3 heteroatoms. The zero-order valence-electron chi connectivity index (χ0n) is 6.10. The third-order valence-corrected chi connectivity index (χ3v) is 1.40. The van der Waals surface area contributed by atoms with Crippen LogP contribution in [0.25, 0.3) is 0 Å². The van der Waals surface area contributed by atoms with E-state index in [0.717, 1.165) is 4.99 Å². The molecule has 0 saturated carbocycles. The van der Waals surface area contributed by atoms with Crippen LogP contribution < -0.4 is 5.48 Å². The van der Waals surface area contributed by atoms with Crippen LogP contribution in [0.5, 0.6) is 0 Å². The van der Waals surface area contributed by atoms with Crippen LogP contribution >= 0.6 is 12.2 Å². The van der Waals surface area contributed by atoms with Crippen molar-refractivity contribution < 1.29 is 4.84 Å². The molecule has 0 fully saturated rings. The number of hydrogen-bond donors (Lipinski definition) is 1. The monoisotopic (exact) mass is 147 g/mol.